The molecule has 1 aliphatic heterocycles. The van der Waals surface area contributed by atoms with Gasteiger partial charge in [-0.05, 0) is 67.8 Å². The van der Waals surface area contributed by atoms with Crippen molar-refractivity contribution in [3.8, 4) is 0 Å². The Morgan fingerprint density at radius 2 is 1.81 bits per heavy atom. The molecule has 10 heteroatoms. The highest BCUT2D eigenvalue weighted by Crippen LogP contribution is 2.24. The summed E-state index contributed by atoms with van der Waals surface area (Å²) in [6.07, 6.45) is 1.34. The molecule has 2 aromatic carbocycles. The van der Waals surface area contributed by atoms with E-state index in [1.807, 2.05) is 0 Å². The highest BCUT2D eigenvalue weighted by atomic mass is 32.2. The summed E-state index contributed by atoms with van der Waals surface area (Å²) >= 11 is 0. The van der Waals surface area contributed by atoms with Crippen LogP contribution in [-0.2, 0) is 19.6 Å². The predicted molar refractivity (Wildman–Crippen MR) is 116 cm³/mol. The number of nitrogens with two attached hydrogens (primary N) is 1. The van der Waals surface area contributed by atoms with Crippen molar-refractivity contribution >= 4 is 39.1 Å². The van der Waals surface area contributed by atoms with Gasteiger partial charge in [0, 0.05) is 29.9 Å². The molecule has 0 aliphatic carbocycles. The van der Waals surface area contributed by atoms with E-state index in [2.05, 4.69) is 10.6 Å². The maximum Gasteiger partial charge on any atom is 0.251 e. The number of primary sulfonamides is 1. The van der Waals surface area contributed by atoms with Crippen molar-refractivity contribution in [2.75, 3.05) is 23.3 Å². The van der Waals surface area contributed by atoms with E-state index in [1.165, 1.54) is 12.1 Å². The number of nitrogens with zero attached hydrogens (tertiary/aromatic N) is 1. The molecule has 9 nitrogen and oxygen atoms in total. The molecule has 1 aliphatic rings. The van der Waals surface area contributed by atoms with Crippen LogP contribution in [-0.4, -0.2) is 39.2 Å². The maximum absolute atomic E-state index is 12.3. The average molecular weight is 445 g/mol. The highest BCUT2D eigenvalue weighted by molar-refractivity contribution is 7.89. The summed E-state index contributed by atoms with van der Waals surface area (Å²) in [7, 11) is -3.92. The van der Waals surface area contributed by atoms with Crippen molar-refractivity contribution in [2.24, 2.45) is 5.14 Å². The molecule has 2 aromatic rings. The summed E-state index contributed by atoms with van der Waals surface area (Å²) < 4.78 is 23.2. The lowest BCUT2D eigenvalue weighted by Gasteiger charge is -2.16. The molecule has 0 bridgehead atoms. The highest BCUT2D eigenvalue weighted by Gasteiger charge is 2.22. The number of hydrogen-bond donors (Lipinski definition) is 3. The Morgan fingerprint density at radius 1 is 1.13 bits per heavy atom. The first kappa shape index (κ1) is 22.4. The van der Waals surface area contributed by atoms with E-state index >= 15 is 0 Å². The quantitative estimate of drug-likeness (QED) is 0.619. The van der Waals surface area contributed by atoms with Gasteiger partial charge in [-0.2, -0.15) is 0 Å². The van der Waals surface area contributed by atoms with Crippen LogP contribution < -0.4 is 20.7 Å². The van der Waals surface area contributed by atoms with Crippen LogP contribution in [0, 0.1) is 13.8 Å². The largest absolute Gasteiger partial charge is 0.343 e. The first-order chi connectivity index (χ1) is 14.6. The van der Waals surface area contributed by atoms with Gasteiger partial charge < -0.3 is 15.5 Å². The lowest BCUT2D eigenvalue weighted by atomic mass is 10.1. The maximum atomic E-state index is 12.3. The lowest BCUT2D eigenvalue weighted by Crippen LogP contribution is -2.33. The number of nitrogens with one attached hydrogen (secondary N) is 2. The van der Waals surface area contributed by atoms with Gasteiger partial charge in [-0.15, -0.1) is 0 Å². The molecule has 0 radical (unpaired) electrons. The van der Waals surface area contributed by atoms with Gasteiger partial charge in [0.25, 0.3) is 5.91 Å². The molecule has 0 spiro atoms. The Balaban J connectivity index is 1.61. The zero-order chi connectivity index (χ0) is 22.8. The van der Waals surface area contributed by atoms with E-state index in [-0.39, 0.29) is 17.3 Å². The number of rotatable bonds is 6. The number of carbonyl (C=O) groups is 3. The zero-order valence-electron chi connectivity index (χ0n) is 17.3. The topological polar surface area (TPSA) is 139 Å². The van der Waals surface area contributed by atoms with Crippen LogP contribution in [0.1, 0.15) is 34.3 Å². The third-order valence-corrected chi connectivity index (χ3v) is 6.06. The molecule has 4 N–H and O–H groups in total. The summed E-state index contributed by atoms with van der Waals surface area (Å²) in [6.45, 7) is 3.81. The zero-order valence-corrected chi connectivity index (χ0v) is 18.1. The summed E-state index contributed by atoms with van der Waals surface area (Å²) in [4.78, 5) is 38.0. The SMILES string of the molecule is Cc1cc(S(N)(=O)=O)cc(NC(=O)CNC(=O)c2ccc(N3CCCC3=O)cc2)c1C. The van der Waals surface area contributed by atoms with E-state index in [4.69, 9.17) is 5.14 Å². The van der Waals surface area contributed by atoms with Crippen LogP contribution in [0.4, 0.5) is 11.4 Å². The van der Waals surface area contributed by atoms with Crippen LogP contribution in [0.25, 0.3) is 0 Å². The molecule has 0 aromatic heterocycles. The average Bonchev–Trinajstić information content (AvgIpc) is 3.14. The van der Waals surface area contributed by atoms with E-state index in [0.717, 1.165) is 12.1 Å². The van der Waals surface area contributed by atoms with E-state index in [0.29, 0.717) is 35.3 Å². The van der Waals surface area contributed by atoms with Crippen molar-refractivity contribution in [3.05, 3.63) is 53.1 Å². The van der Waals surface area contributed by atoms with Gasteiger partial charge in [-0.25, -0.2) is 13.6 Å². The molecular formula is C21H24N4O5S. The van der Waals surface area contributed by atoms with Gasteiger partial charge in [0.2, 0.25) is 21.8 Å². The molecule has 1 saturated heterocycles. The number of benzene rings is 2. The van der Waals surface area contributed by atoms with Gasteiger partial charge >= 0.3 is 0 Å². The monoisotopic (exact) mass is 444 g/mol. The van der Waals surface area contributed by atoms with Gasteiger partial charge in [-0.3, -0.25) is 14.4 Å². The molecule has 1 heterocycles. The number of aryl methyl sites for hydroxylation is 1. The molecule has 3 rings (SSSR count). The van der Waals surface area contributed by atoms with Crippen LogP contribution in [0.15, 0.2) is 41.3 Å². The van der Waals surface area contributed by atoms with Gasteiger partial charge in [0.15, 0.2) is 0 Å². The van der Waals surface area contributed by atoms with Crippen molar-refractivity contribution in [3.63, 3.8) is 0 Å². The Hall–Kier alpha value is -3.24. The standard InChI is InChI=1S/C21H24N4O5S/c1-13-10-17(31(22,29)30)11-18(14(13)2)24-19(26)12-23-21(28)15-5-7-16(8-6-15)25-9-3-4-20(25)27/h5-8,10-11H,3-4,9,12H2,1-2H3,(H,23,28)(H,24,26)(H2,22,29,30). The van der Waals surface area contributed by atoms with Crippen LogP contribution >= 0.6 is 0 Å². The number of carbonyl (C=O) groups excluding carboxylic acids is 3. The number of hydrogen-bond acceptors (Lipinski definition) is 5. The third kappa shape index (κ3) is 5.28. The molecule has 0 saturated carbocycles. The molecule has 164 valence electrons. The fourth-order valence-electron chi connectivity index (χ4n) is 3.29. The second-order valence-corrected chi connectivity index (χ2v) is 8.95. The minimum atomic E-state index is -3.92. The van der Waals surface area contributed by atoms with Gasteiger partial charge in [0.1, 0.15) is 0 Å². The Bertz CT molecular complexity index is 1140. The lowest BCUT2D eigenvalue weighted by molar-refractivity contribution is -0.117. The van der Waals surface area contributed by atoms with E-state index in [1.54, 1.807) is 43.0 Å². The summed E-state index contributed by atoms with van der Waals surface area (Å²) in [5.74, 6) is -0.895. The Labute approximate surface area is 180 Å². The summed E-state index contributed by atoms with van der Waals surface area (Å²) in [5.41, 5.74) is 2.74. The molecule has 3 amide bonds. The second kappa shape index (κ2) is 8.86. The fraction of sp³-hybridized carbons (Fsp3) is 0.286. The second-order valence-electron chi connectivity index (χ2n) is 7.38. The Morgan fingerprint density at radius 3 is 2.39 bits per heavy atom. The Kier molecular flexibility index (Phi) is 6.42. The van der Waals surface area contributed by atoms with Crippen molar-refractivity contribution in [1.82, 2.24) is 5.32 Å². The van der Waals surface area contributed by atoms with Crippen molar-refractivity contribution in [2.45, 2.75) is 31.6 Å². The number of anilines is 2. The molecular weight excluding hydrogens is 420 g/mol. The van der Waals surface area contributed by atoms with Crippen molar-refractivity contribution in [1.29, 1.82) is 0 Å². The number of amides is 3. The van der Waals surface area contributed by atoms with Crippen molar-refractivity contribution < 1.29 is 22.8 Å². The minimum absolute atomic E-state index is 0.0610. The molecule has 0 unspecified atom stereocenters. The summed E-state index contributed by atoms with van der Waals surface area (Å²) in [5, 5.41) is 10.3. The normalized spacial score (nSPS) is 13.9. The molecule has 31 heavy (non-hydrogen) atoms. The van der Waals surface area contributed by atoms with E-state index < -0.39 is 21.8 Å². The van der Waals surface area contributed by atoms with Gasteiger partial charge in [-0.1, -0.05) is 0 Å². The predicted octanol–water partition coefficient (Wildman–Crippen LogP) is 1.45. The minimum Gasteiger partial charge on any atom is -0.343 e. The summed E-state index contributed by atoms with van der Waals surface area (Å²) in [6, 6.07) is 9.30. The first-order valence-electron chi connectivity index (χ1n) is 9.69. The van der Waals surface area contributed by atoms with Crippen LogP contribution in [0.3, 0.4) is 0 Å². The van der Waals surface area contributed by atoms with Crippen LogP contribution in [0.2, 0.25) is 0 Å². The fourth-order valence-corrected chi connectivity index (χ4v) is 3.91. The molecule has 1 fully saturated rings. The smallest absolute Gasteiger partial charge is 0.251 e. The first-order valence-corrected chi connectivity index (χ1v) is 11.2. The number of sulfonamides is 1. The van der Waals surface area contributed by atoms with Crippen LogP contribution in [0.5, 0.6) is 0 Å². The van der Waals surface area contributed by atoms with E-state index in [9.17, 15) is 22.8 Å². The third-order valence-electron chi connectivity index (χ3n) is 5.17. The van der Waals surface area contributed by atoms with Gasteiger partial charge in [0.05, 0.1) is 11.4 Å². The molecule has 0 atom stereocenters.